The van der Waals surface area contributed by atoms with Crippen LogP contribution in [-0.2, 0) is 11.2 Å². The maximum atomic E-state index is 12.2. The Morgan fingerprint density at radius 2 is 1.65 bits per heavy atom. The molecule has 0 aliphatic rings. The van der Waals surface area contributed by atoms with Crippen LogP contribution in [0.15, 0.2) is 36.4 Å². The Morgan fingerprint density at radius 3 is 2.23 bits per heavy atom. The fourth-order valence-corrected chi connectivity index (χ4v) is 2.69. The van der Waals surface area contributed by atoms with E-state index in [0.29, 0.717) is 35.9 Å². The fourth-order valence-electron chi connectivity index (χ4n) is 2.69. The summed E-state index contributed by atoms with van der Waals surface area (Å²) in [5.74, 6) is 1.39. The lowest BCUT2D eigenvalue weighted by molar-refractivity contribution is -0.115. The summed E-state index contributed by atoms with van der Waals surface area (Å²) in [6.45, 7) is 2.66. The van der Waals surface area contributed by atoms with E-state index in [1.54, 1.807) is 19.2 Å². The number of anilines is 2. The Bertz CT molecular complexity index is 721. The molecule has 2 aromatic rings. The van der Waals surface area contributed by atoms with Crippen LogP contribution >= 0.6 is 0 Å². The third-order valence-electron chi connectivity index (χ3n) is 4.01. The lowest BCUT2D eigenvalue weighted by Gasteiger charge is -2.15. The molecule has 140 valence electrons. The number of amides is 1. The first-order valence-corrected chi connectivity index (χ1v) is 8.54. The number of rotatable bonds is 9. The third-order valence-corrected chi connectivity index (χ3v) is 4.01. The minimum absolute atomic E-state index is 0.0965. The molecule has 0 unspecified atom stereocenters. The molecule has 0 spiro atoms. The standard InChI is InChI=1S/C20H26N2O4/c1-5-14-8-6-7-9-16(14)21-11-10-19(23)22-15-12-17(24-2)20(26-4)18(13-15)25-3/h6-9,12-13,21H,5,10-11H2,1-4H3,(H,22,23). The monoisotopic (exact) mass is 358 g/mol. The number of hydrogen-bond donors (Lipinski definition) is 2. The van der Waals surface area contributed by atoms with Crippen LogP contribution in [0.1, 0.15) is 18.9 Å². The normalized spacial score (nSPS) is 10.2. The zero-order valence-electron chi connectivity index (χ0n) is 15.7. The first-order chi connectivity index (χ1) is 12.6. The van der Waals surface area contributed by atoms with E-state index in [1.165, 1.54) is 19.8 Å². The van der Waals surface area contributed by atoms with Crippen molar-refractivity contribution < 1.29 is 19.0 Å². The zero-order chi connectivity index (χ0) is 18.9. The summed E-state index contributed by atoms with van der Waals surface area (Å²) in [6.07, 6.45) is 1.29. The summed E-state index contributed by atoms with van der Waals surface area (Å²) < 4.78 is 15.9. The highest BCUT2D eigenvalue weighted by Crippen LogP contribution is 2.39. The summed E-state index contributed by atoms with van der Waals surface area (Å²) >= 11 is 0. The Hall–Kier alpha value is -2.89. The Kier molecular flexibility index (Phi) is 7.14. The van der Waals surface area contributed by atoms with Gasteiger partial charge in [0.1, 0.15) is 0 Å². The molecule has 26 heavy (non-hydrogen) atoms. The summed E-state index contributed by atoms with van der Waals surface area (Å²) in [5.41, 5.74) is 2.89. The van der Waals surface area contributed by atoms with Gasteiger partial charge in [-0.3, -0.25) is 4.79 Å². The van der Waals surface area contributed by atoms with Crippen LogP contribution in [0.2, 0.25) is 0 Å². The van der Waals surface area contributed by atoms with Crippen molar-refractivity contribution in [2.24, 2.45) is 0 Å². The van der Waals surface area contributed by atoms with Crippen LogP contribution in [0, 0.1) is 0 Å². The molecule has 0 saturated heterocycles. The van der Waals surface area contributed by atoms with E-state index in [1.807, 2.05) is 18.2 Å². The third kappa shape index (κ3) is 4.81. The first-order valence-electron chi connectivity index (χ1n) is 8.54. The molecule has 0 aliphatic heterocycles. The van der Waals surface area contributed by atoms with Crippen molar-refractivity contribution in [2.45, 2.75) is 19.8 Å². The number of methoxy groups -OCH3 is 3. The number of carbonyl (C=O) groups excluding carboxylic acids is 1. The SMILES string of the molecule is CCc1ccccc1NCCC(=O)Nc1cc(OC)c(OC)c(OC)c1. The van der Waals surface area contributed by atoms with Gasteiger partial charge in [-0.25, -0.2) is 0 Å². The Balaban J connectivity index is 1.97. The van der Waals surface area contributed by atoms with Gasteiger partial charge in [-0.05, 0) is 18.1 Å². The molecule has 0 aliphatic carbocycles. The average Bonchev–Trinajstić information content (AvgIpc) is 2.67. The van der Waals surface area contributed by atoms with Gasteiger partial charge in [-0.1, -0.05) is 25.1 Å². The average molecular weight is 358 g/mol. The van der Waals surface area contributed by atoms with Crippen molar-refractivity contribution in [1.29, 1.82) is 0 Å². The lowest BCUT2D eigenvalue weighted by atomic mass is 10.1. The fraction of sp³-hybridized carbons (Fsp3) is 0.350. The number of ether oxygens (including phenoxy) is 3. The molecule has 0 atom stereocenters. The van der Waals surface area contributed by atoms with Crippen molar-refractivity contribution in [1.82, 2.24) is 0 Å². The van der Waals surface area contributed by atoms with E-state index in [9.17, 15) is 4.79 Å². The van der Waals surface area contributed by atoms with E-state index in [0.717, 1.165) is 12.1 Å². The highest BCUT2D eigenvalue weighted by molar-refractivity contribution is 5.91. The molecule has 0 radical (unpaired) electrons. The number of carbonyl (C=O) groups is 1. The molecule has 2 rings (SSSR count). The van der Waals surface area contributed by atoms with E-state index >= 15 is 0 Å². The van der Waals surface area contributed by atoms with Crippen molar-refractivity contribution in [3.63, 3.8) is 0 Å². The van der Waals surface area contributed by atoms with Crippen molar-refractivity contribution in [3.05, 3.63) is 42.0 Å². The predicted molar refractivity (Wildman–Crippen MR) is 104 cm³/mol. The molecule has 0 aromatic heterocycles. The molecule has 0 heterocycles. The number of benzene rings is 2. The number of aryl methyl sites for hydroxylation is 1. The summed E-state index contributed by atoms with van der Waals surface area (Å²) in [6, 6.07) is 11.5. The van der Waals surface area contributed by atoms with Crippen LogP contribution in [0.25, 0.3) is 0 Å². The maximum absolute atomic E-state index is 12.2. The van der Waals surface area contributed by atoms with E-state index < -0.39 is 0 Å². The van der Waals surface area contributed by atoms with Crippen LogP contribution in [0.5, 0.6) is 17.2 Å². The molecule has 2 aromatic carbocycles. The summed E-state index contributed by atoms with van der Waals surface area (Å²) in [4.78, 5) is 12.2. The zero-order valence-corrected chi connectivity index (χ0v) is 15.7. The van der Waals surface area contributed by atoms with Gasteiger partial charge < -0.3 is 24.8 Å². The van der Waals surface area contributed by atoms with Crippen LogP contribution in [0.4, 0.5) is 11.4 Å². The molecule has 0 bridgehead atoms. The van der Waals surface area contributed by atoms with E-state index in [2.05, 4.69) is 23.6 Å². The quantitative estimate of drug-likeness (QED) is 0.715. The molecule has 6 heteroatoms. The topological polar surface area (TPSA) is 68.8 Å². The second kappa shape index (κ2) is 9.56. The highest BCUT2D eigenvalue weighted by Gasteiger charge is 2.14. The van der Waals surface area contributed by atoms with Crippen molar-refractivity contribution >= 4 is 17.3 Å². The smallest absolute Gasteiger partial charge is 0.226 e. The van der Waals surface area contributed by atoms with Crippen LogP contribution < -0.4 is 24.8 Å². The van der Waals surface area contributed by atoms with Gasteiger partial charge in [-0.15, -0.1) is 0 Å². The number of hydrogen-bond acceptors (Lipinski definition) is 5. The minimum atomic E-state index is -0.0965. The molecular weight excluding hydrogens is 332 g/mol. The predicted octanol–water partition coefficient (Wildman–Crippen LogP) is 3.72. The Labute approximate surface area is 154 Å². The van der Waals surface area contributed by atoms with Crippen LogP contribution in [-0.4, -0.2) is 33.8 Å². The molecule has 6 nitrogen and oxygen atoms in total. The van der Waals surface area contributed by atoms with Gasteiger partial charge in [0.2, 0.25) is 11.7 Å². The molecule has 1 amide bonds. The van der Waals surface area contributed by atoms with Gasteiger partial charge in [0.05, 0.1) is 21.3 Å². The van der Waals surface area contributed by atoms with Gasteiger partial charge >= 0.3 is 0 Å². The van der Waals surface area contributed by atoms with Crippen LogP contribution in [0.3, 0.4) is 0 Å². The van der Waals surface area contributed by atoms with Crippen molar-refractivity contribution in [2.75, 3.05) is 38.5 Å². The van der Waals surface area contributed by atoms with E-state index in [4.69, 9.17) is 14.2 Å². The molecule has 2 N–H and O–H groups in total. The Morgan fingerprint density at radius 1 is 1.00 bits per heavy atom. The molecule has 0 saturated carbocycles. The minimum Gasteiger partial charge on any atom is -0.493 e. The summed E-state index contributed by atoms with van der Waals surface area (Å²) in [5, 5.41) is 6.18. The summed E-state index contributed by atoms with van der Waals surface area (Å²) in [7, 11) is 4.62. The maximum Gasteiger partial charge on any atom is 0.226 e. The second-order valence-corrected chi connectivity index (χ2v) is 5.65. The molecular formula is C20H26N2O4. The largest absolute Gasteiger partial charge is 0.493 e. The highest BCUT2D eigenvalue weighted by atomic mass is 16.5. The first kappa shape index (κ1) is 19.4. The number of para-hydroxylation sites is 1. The lowest BCUT2D eigenvalue weighted by Crippen LogP contribution is -2.16. The molecule has 0 fully saturated rings. The number of nitrogens with one attached hydrogen (secondary N) is 2. The van der Waals surface area contributed by atoms with Crippen molar-refractivity contribution in [3.8, 4) is 17.2 Å². The van der Waals surface area contributed by atoms with Gasteiger partial charge in [-0.2, -0.15) is 0 Å². The van der Waals surface area contributed by atoms with Gasteiger partial charge in [0.25, 0.3) is 0 Å². The van der Waals surface area contributed by atoms with Gasteiger partial charge in [0, 0.05) is 36.5 Å². The van der Waals surface area contributed by atoms with E-state index in [-0.39, 0.29) is 5.91 Å². The second-order valence-electron chi connectivity index (χ2n) is 5.65. The van der Waals surface area contributed by atoms with Gasteiger partial charge in [0.15, 0.2) is 11.5 Å².